The minimum absolute atomic E-state index is 0.116. The van der Waals surface area contributed by atoms with Gasteiger partial charge in [-0.1, -0.05) is 25.4 Å². The summed E-state index contributed by atoms with van der Waals surface area (Å²) in [4.78, 5) is 37.1. The van der Waals surface area contributed by atoms with Gasteiger partial charge in [-0.25, -0.2) is 9.59 Å². The van der Waals surface area contributed by atoms with Crippen molar-refractivity contribution in [2.24, 2.45) is 5.92 Å². The number of rotatable bonds is 7. The van der Waals surface area contributed by atoms with Gasteiger partial charge < -0.3 is 28.8 Å². The first-order chi connectivity index (χ1) is 15.8. The Morgan fingerprint density at radius 1 is 1.27 bits per heavy atom. The van der Waals surface area contributed by atoms with E-state index in [2.05, 4.69) is 0 Å². The minimum atomic E-state index is -1.27. The second-order valence-corrected chi connectivity index (χ2v) is 8.76. The molecule has 1 aromatic carbocycles. The van der Waals surface area contributed by atoms with Gasteiger partial charge in [-0.05, 0) is 18.4 Å². The Hall–Kier alpha value is -3.20. The number of carboxylic acids is 1. The first-order valence-electron chi connectivity index (χ1n) is 10.8. The van der Waals surface area contributed by atoms with Crippen molar-refractivity contribution in [2.75, 3.05) is 32.9 Å². The van der Waals surface area contributed by atoms with Gasteiger partial charge >= 0.3 is 12.1 Å². The number of nitrogens with zero attached hydrogens (tertiary/aromatic N) is 2. The van der Waals surface area contributed by atoms with Crippen LogP contribution in [0.1, 0.15) is 36.7 Å². The number of carbonyl (C=O) groups is 2. The molecule has 0 spiro atoms. The number of hydrogen-bond acceptors (Lipinski definition) is 6. The van der Waals surface area contributed by atoms with E-state index in [9.17, 15) is 19.5 Å². The Bertz CT molecular complexity index is 1140. The van der Waals surface area contributed by atoms with E-state index in [1.165, 1.54) is 12.3 Å². The van der Waals surface area contributed by atoms with Crippen molar-refractivity contribution < 1.29 is 28.9 Å². The van der Waals surface area contributed by atoms with Crippen LogP contribution < -0.4 is 14.9 Å². The second kappa shape index (κ2) is 9.35. The maximum Gasteiger partial charge on any atom is 0.409 e. The van der Waals surface area contributed by atoms with Crippen LogP contribution in [-0.2, 0) is 4.74 Å². The summed E-state index contributed by atoms with van der Waals surface area (Å²) in [5.41, 5.74) is 0.253. The molecule has 2 aromatic rings. The number of aromatic carboxylic acids is 1. The van der Waals surface area contributed by atoms with E-state index in [1.54, 1.807) is 21.6 Å². The van der Waals surface area contributed by atoms with Gasteiger partial charge in [0.05, 0.1) is 29.9 Å². The lowest BCUT2D eigenvalue weighted by Crippen LogP contribution is -2.26. The van der Waals surface area contributed by atoms with E-state index >= 15 is 0 Å². The summed E-state index contributed by atoms with van der Waals surface area (Å²) < 4.78 is 18.6. The third kappa shape index (κ3) is 4.64. The predicted octanol–water partition coefficient (Wildman–Crippen LogP) is 3.68. The summed E-state index contributed by atoms with van der Waals surface area (Å²) in [7, 11) is 0. The molecule has 1 amide bonds. The Balaban J connectivity index is 1.61. The van der Waals surface area contributed by atoms with Crippen molar-refractivity contribution in [2.45, 2.75) is 26.3 Å². The molecule has 1 aromatic heterocycles. The van der Waals surface area contributed by atoms with Gasteiger partial charge in [0.1, 0.15) is 30.3 Å². The molecular weight excluding hydrogens is 452 g/mol. The van der Waals surface area contributed by atoms with Gasteiger partial charge in [-0.2, -0.15) is 0 Å². The van der Waals surface area contributed by atoms with Gasteiger partial charge in [0, 0.05) is 30.4 Å². The number of carboxylic acid groups (broad SMARTS) is 1. The second-order valence-electron chi connectivity index (χ2n) is 8.35. The molecule has 1 saturated heterocycles. The Morgan fingerprint density at radius 3 is 2.73 bits per heavy atom. The van der Waals surface area contributed by atoms with Crippen LogP contribution in [0.15, 0.2) is 29.2 Å². The number of halogens is 1. The summed E-state index contributed by atoms with van der Waals surface area (Å²) in [6.45, 7) is 6.14. The lowest BCUT2D eigenvalue weighted by atomic mass is 10.0. The minimum Gasteiger partial charge on any atom is -0.492 e. The molecule has 176 valence electrons. The van der Waals surface area contributed by atoms with E-state index in [0.29, 0.717) is 60.5 Å². The normalized spacial score (nSPS) is 17.2. The summed E-state index contributed by atoms with van der Waals surface area (Å²) >= 11 is 6.48. The SMILES string of the molecule is CC(C)C1COc2cc(OCCCN3CCOC3=O)c(Cl)cc2-c2cc(=O)c(C(=O)O)cn21. The van der Waals surface area contributed by atoms with E-state index in [4.69, 9.17) is 25.8 Å². The van der Waals surface area contributed by atoms with Crippen LogP contribution in [0.25, 0.3) is 11.3 Å². The zero-order valence-electron chi connectivity index (χ0n) is 18.4. The largest absolute Gasteiger partial charge is 0.492 e. The van der Waals surface area contributed by atoms with E-state index < -0.39 is 11.4 Å². The Labute approximate surface area is 195 Å². The molecule has 9 nitrogen and oxygen atoms in total. The molecule has 0 bridgehead atoms. The highest BCUT2D eigenvalue weighted by Crippen LogP contribution is 2.42. The number of ether oxygens (including phenoxy) is 3. The summed E-state index contributed by atoms with van der Waals surface area (Å²) in [5.74, 6) is -0.229. The first-order valence-corrected chi connectivity index (χ1v) is 11.1. The number of hydrogen-bond donors (Lipinski definition) is 1. The molecule has 1 unspecified atom stereocenters. The number of benzene rings is 1. The fourth-order valence-corrected chi connectivity index (χ4v) is 4.22. The lowest BCUT2D eigenvalue weighted by Gasteiger charge is -2.24. The Kier molecular flexibility index (Phi) is 6.51. The summed E-state index contributed by atoms with van der Waals surface area (Å²) in [6.07, 6.45) is 1.67. The van der Waals surface area contributed by atoms with Crippen LogP contribution in [-0.4, -0.2) is 59.5 Å². The van der Waals surface area contributed by atoms with Crippen LogP contribution in [0.4, 0.5) is 4.79 Å². The van der Waals surface area contributed by atoms with Crippen LogP contribution in [0.2, 0.25) is 5.02 Å². The maximum absolute atomic E-state index is 12.5. The molecular formula is C23H25ClN2O7. The highest BCUT2D eigenvalue weighted by Gasteiger charge is 2.28. The molecule has 3 heterocycles. The molecule has 1 N–H and O–H groups in total. The van der Waals surface area contributed by atoms with Crippen LogP contribution >= 0.6 is 11.6 Å². The lowest BCUT2D eigenvalue weighted by molar-refractivity contribution is 0.0693. The number of fused-ring (bicyclic) bond motifs is 3. The number of cyclic esters (lactones) is 1. The van der Waals surface area contributed by atoms with Gasteiger partial charge in [0.2, 0.25) is 0 Å². The van der Waals surface area contributed by atoms with E-state index in [0.717, 1.165) is 0 Å². The van der Waals surface area contributed by atoms with E-state index in [1.807, 2.05) is 13.8 Å². The Morgan fingerprint density at radius 2 is 2.06 bits per heavy atom. The zero-order valence-corrected chi connectivity index (χ0v) is 19.1. The highest BCUT2D eigenvalue weighted by atomic mass is 35.5. The van der Waals surface area contributed by atoms with Crippen molar-refractivity contribution in [3.8, 4) is 22.8 Å². The smallest absolute Gasteiger partial charge is 0.409 e. The molecule has 33 heavy (non-hydrogen) atoms. The topological polar surface area (TPSA) is 107 Å². The molecule has 10 heteroatoms. The molecule has 2 aliphatic rings. The average Bonchev–Trinajstić information content (AvgIpc) is 3.10. The highest BCUT2D eigenvalue weighted by molar-refractivity contribution is 6.32. The van der Waals surface area contributed by atoms with Crippen LogP contribution in [0.5, 0.6) is 11.5 Å². The van der Waals surface area contributed by atoms with E-state index in [-0.39, 0.29) is 30.2 Å². The molecule has 0 radical (unpaired) electrons. The van der Waals surface area contributed by atoms with Crippen molar-refractivity contribution in [3.05, 3.63) is 45.2 Å². The fourth-order valence-electron chi connectivity index (χ4n) is 4.00. The number of amides is 1. The van der Waals surface area contributed by atoms with Crippen molar-refractivity contribution in [1.29, 1.82) is 0 Å². The number of aromatic nitrogens is 1. The van der Waals surface area contributed by atoms with Crippen molar-refractivity contribution in [1.82, 2.24) is 9.47 Å². The third-order valence-corrected chi connectivity index (χ3v) is 6.13. The molecule has 0 aliphatic carbocycles. The molecule has 1 fully saturated rings. The van der Waals surface area contributed by atoms with Gasteiger partial charge in [0.15, 0.2) is 5.43 Å². The van der Waals surface area contributed by atoms with Crippen LogP contribution in [0.3, 0.4) is 0 Å². The fraction of sp³-hybridized carbons (Fsp3) is 0.435. The first kappa shape index (κ1) is 23.0. The maximum atomic E-state index is 12.5. The quantitative estimate of drug-likeness (QED) is 0.607. The predicted molar refractivity (Wildman–Crippen MR) is 121 cm³/mol. The molecule has 4 rings (SSSR count). The van der Waals surface area contributed by atoms with Gasteiger partial charge in [-0.3, -0.25) is 4.79 Å². The van der Waals surface area contributed by atoms with Crippen molar-refractivity contribution in [3.63, 3.8) is 0 Å². The zero-order chi connectivity index (χ0) is 23.7. The summed E-state index contributed by atoms with van der Waals surface area (Å²) in [6, 6.07) is 4.48. The van der Waals surface area contributed by atoms with Gasteiger partial charge in [0.25, 0.3) is 0 Å². The van der Waals surface area contributed by atoms with Crippen molar-refractivity contribution >= 4 is 23.7 Å². The third-order valence-electron chi connectivity index (χ3n) is 5.83. The molecule has 2 aliphatic heterocycles. The monoisotopic (exact) mass is 476 g/mol. The van der Waals surface area contributed by atoms with Crippen LogP contribution in [0, 0.1) is 5.92 Å². The number of pyridine rings is 1. The average molecular weight is 477 g/mol. The number of carbonyl (C=O) groups excluding carboxylic acids is 1. The standard InChI is InChI=1S/C23H25ClN2O7/c1-13(2)18-12-33-20-10-21(31-6-3-4-25-5-7-32-23(25)30)16(24)8-14(20)17-9-19(27)15(22(28)29)11-26(17)18/h8-11,13,18H,3-7,12H2,1-2H3,(H,28,29). The molecule has 1 atom stereocenters. The molecule has 0 saturated carbocycles. The summed E-state index contributed by atoms with van der Waals surface area (Å²) in [5, 5.41) is 9.75. The van der Waals surface area contributed by atoms with Gasteiger partial charge in [-0.15, -0.1) is 0 Å².